The molecule has 0 fully saturated rings. The van der Waals surface area contributed by atoms with Gasteiger partial charge in [-0.05, 0) is 62.3 Å². The summed E-state index contributed by atoms with van der Waals surface area (Å²) in [4.78, 5) is 28.9. The summed E-state index contributed by atoms with van der Waals surface area (Å²) in [5, 5.41) is 39.7. The van der Waals surface area contributed by atoms with E-state index in [4.69, 9.17) is 40.1 Å². The first-order chi connectivity index (χ1) is 26.2. The Morgan fingerprint density at radius 2 is 0.625 bits per heavy atom. The molecule has 384 valence electrons. The Balaban J connectivity index is -0.0000000102. The summed E-state index contributed by atoms with van der Waals surface area (Å²) in [5.74, 6) is -2.89. The summed E-state index contributed by atoms with van der Waals surface area (Å²) >= 11 is 6.29. The fraction of sp³-hybridized carbons (Fsp3) is 0.735. The third kappa shape index (κ3) is 753. The Morgan fingerprint density at radius 3 is 0.625 bits per heavy atom. The summed E-state index contributed by atoms with van der Waals surface area (Å²) < 4.78 is 105. The zero-order valence-electron chi connectivity index (χ0n) is 45.8. The molecule has 0 aliphatic heterocycles. The molecule has 4 N–H and O–H groups in total. The molecule has 11 nitrogen and oxygen atoms in total. The molecule has 0 aromatic carbocycles. The second-order valence-electron chi connectivity index (χ2n) is 5.37. The fourth-order valence-corrected chi connectivity index (χ4v) is 0. The molecule has 64 heavy (non-hydrogen) atoms. The van der Waals surface area contributed by atoms with E-state index in [2.05, 4.69) is 46.2 Å². The van der Waals surface area contributed by atoms with Gasteiger partial charge in [-0.25, -0.2) is 13.2 Å². The molecule has 0 unspecified atom stereocenters. The number of hydrogen-bond acceptors (Lipinski definition) is 11. The minimum absolute atomic E-state index is 0. The van der Waals surface area contributed by atoms with Crippen LogP contribution in [0.1, 0.15) is 108 Å². The summed E-state index contributed by atoms with van der Waals surface area (Å²) in [6, 6.07) is 0. The van der Waals surface area contributed by atoms with E-state index in [0.717, 1.165) is 64.5 Å². The number of ether oxygens (including phenoxy) is 2. The van der Waals surface area contributed by atoms with Gasteiger partial charge in [-0.2, -0.15) is 26.3 Å². The standard InChI is InChI=1S/C4H6F2.C3H3F3.2C3H8O.2C2H5Br.C2F4.2C2H6O.2C2H4O.2C2H6.CH2O3.2CH4O.2B.2BrH.2K.2Na.3H/c1-3(5)4(2)6;1-2(4)3(5)6;2*1-3-4-2;2*1-2-3;3-1(4)2(5)6;4*1-2-3;2*1-2;2-1-4-3;2*1-2;;;;;;;;;;;/h1-2H3;1H3;2*3H2,1-2H3;2*2H2,1H3;;2*3H,2H2,1H3;2*2H,1H3;2*1-2H3;1,3H;2*2H,1H3;;;2*1H;;;;;;;/q;;;;;;;;;;;;;;;;;;;;4*+1;3*-1/p-1/b4-3+;;;;;;;;;;;;;;;;;;;;;;;;;;. The first kappa shape index (κ1) is 158. The first-order valence-electron chi connectivity index (χ1n) is 15.9. The molecule has 6 radical (unpaired) electrons. The van der Waals surface area contributed by atoms with E-state index >= 15 is 0 Å². The molecule has 0 bridgehead atoms. The number of aliphatic hydroxyl groups excluding tert-OH is 4. The molecular formula is C34H81B2Br4F9K2Na2O11. The number of carbonyl (C=O) groups excluding carboxylic acids is 3. The van der Waals surface area contributed by atoms with Crippen LogP contribution in [0.25, 0.3) is 0 Å². The molecule has 0 heterocycles. The van der Waals surface area contributed by atoms with Gasteiger partial charge in [0.15, 0.2) is 5.83 Å². The number of rotatable bonds is 3. The number of aldehydes is 2. The van der Waals surface area contributed by atoms with E-state index in [1.807, 2.05) is 55.4 Å². The van der Waals surface area contributed by atoms with Gasteiger partial charge in [0, 0.05) is 82.4 Å². The smallest absolute Gasteiger partial charge is 1.00 e. The van der Waals surface area contributed by atoms with Crippen molar-refractivity contribution in [1.82, 2.24) is 0 Å². The van der Waals surface area contributed by atoms with Gasteiger partial charge in [-0.3, -0.25) is 4.79 Å². The molecule has 0 aliphatic rings. The monoisotopic (exact) mass is 1300 g/mol. The third-order valence-corrected chi connectivity index (χ3v) is 1.49. The average molecular weight is 1300 g/mol. The van der Waals surface area contributed by atoms with E-state index < -0.39 is 35.7 Å². The van der Waals surface area contributed by atoms with E-state index in [1.54, 1.807) is 28.1 Å². The molecule has 0 rings (SSSR count). The van der Waals surface area contributed by atoms with Gasteiger partial charge in [-0.15, -0.1) is 34.0 Å². The number of methoxy groups -OCH3 is 2. The van der Waals surface area contributed by atoms with E-state index in [9.17, 15) is 39.5 Å². The van der Waals surface area contributed by atoms with Crippen LogP contribution in [0.2, 0.25) is 0 Å². The number of hydrogen-bond donors (Lipinski definition) is 4. The first-order valence-corrected chi connectivity index (χ1v) is 18.2. The largest absolute Gasteiger partial charge is 1.00 e. The SMILES string of the molecule is Br.Br.C/C(F)=C(/C)F.CC.CC.CC(F)=C(F)F.CC=O.CC=O.CCBr.CCBr.CCO.CCO.CCOC.CCOC.CO.CO.FC(F)=C(F)F.O=CO[O-].[B].[B].[H-].[H-].[H-].[K+].[K+].[Na+].[Na+]. The number of carbonyl (C=O) groups is 3. The average Bonchev–Trinajstić information content (AvgIpc) is 3.17. The molecular weight excluding hydrogens is 1220 g/mol. The minimum atomic E-state index is -2.91. The summed E-state index contributed by atoms with van der Waals surface area (Å²) in [6.45, 7) is 27.1. The van der Waals surface area contributed by atoms with Crippen LogP contribution in [-0.2, 0) is 28.7 Å². The Labute approximate surface area is 558 Å². The molecule has 0 aromatic rings. The maximum Gasteiger partial charge on any atom is 1.00 e. The zero-order chi connectivity index (χ0) is 49.9. The predicted molar refractivity (Wildman–Crippen MR) is 253 cm³/mol. The van der Waals surface area contributed by atoms with Crippen molar-refractivity contribution in [3.05, 3.63) is 35.7 Å². The van der Waals surface area contributed by atoms with Crippen LogP contribution in [-0.4, -0.2) is 122 Å². The van der Waals surface area contributed by atoms with Crippen molar-refractivity contribution in [1.29, 1.82) is 0 Å². The van der Waals surface area contributed by atoms with Crippen LogP contribution in [0.3, 0.4) is 0 Å². The van der Waals surface area contributed by atoms with Gasteiger partial charge in [-0.1, -0.05) is 73.4 Å². The summed E-state index contributed by atoms with van der Waals surface area (Å²) in [7, 11) is 5.36. The number of alkyl halides is 2. The molecule has 0 saturated carbocycles. The second-order valence-corrected chi connectivity index (χ2v) is 7.61. The summed E-state index contributed by atoms with van der Waals surface area (Å²) in [5.41, 5.74) is 0. The Kier molecular flexibility index (Phi) is 618. The van der Waals surface area contributed by atoms with Gasteiger partial charge in [0.2, 0.25) is 0 Å². The number of halogens is 13. The topological polar surface area (TPSA) is 183 Å². The number of allylic oxidation sites excluding steroid dienone is 3. The van der Waals surface area contributed by atoms with Gasteiger partial charge in [0.1, 0.15) is 24.2 Å². The predicted octanol–water partition coefficient (Wildman–Crippen LogP) is -0.781. The van der Waals surface area contributed by atoms with Crippen molar-refractivity contribution in [2.24, 2.45) is 0 Å². The third-order valence-electron chi connectivity index (χ3n) is 1.49. The summed E-state index contributed by atoms with van der Waals surface area (Å²) in [6.07, 6.45) is -6.56. The van der Waals surface area contributed by atoms with Gasteiger partial charge in [0.05, 0.1) is 0 Å². The molecule has 0 aliphatic carbocycles. The van der Waals surface area contributed by atoms with Crippen molar-refractivity contribution in [3.8, 4) is 0 Å². The normalized spacial score (nSPS) is 5.98. The maximum absolute atomic E-state index is 11.3. The molecule has 0 atom stereocenters. The fourth-order valence-electron chi connectivity index (χ4n) is 0. The quantitative estimate of drug-likeness (QED) is 0.0696. The number of aliphatic hydroxyl groups is 4. The van der Waals surface area contributed by atoms with Gasteiger partial charge < -0.3 is 53.9 Å². The molecule has 0 spiro atoms. The van der Waals surface area contributed by atoms with Crippen molar-refractivity contribution >= 4 is 102 Å². The molecule has 0 saturated heterocycles. The van der Waals surface area contributed by atoms with Crippen LogP contribution >= 0.6 is 65.8 Å². The van der Waals surface area contributed by atoms with E-state index in [1.165, 1.54) is 13.8 Å². The Morgan fingerprint density at radius 1 is 0.547 bits per heavy atom. The van der Waals surface area contributed by atoms with Gasteiger partial charge >= 0.3 is 180 Å². The van der Waals surface area contributed by atoms with E-state index in [0.29, 0.717) is 6.92 Å². The van der Waals surface area contributed by atoms with Crippen molar-refractivity contribution in [3.63, 3.8) is 0 Å². The van der Waals surface area contributed by atoms with Crippen LogP contribution in [0, 0.1) is 0 Å². The van der Waals surface area contributed by atoms with Crippen LogP contribution in [0.4, 0.5) is 39.5 Å². The maximum atomic E-state index is 11.3. The second kappa shape index (κ2) is 251. The van der Waals surface area contributed by atoms with Gasteiger partial charge in [0.25, 0.3) is 6.47 Å². The molecule has 0 aromatic heterocycles. The molecule has 0 amide bonds. The van der Waals surface area contributed by atoms with Crippen LogP contribution in [0.5, 0.6) is 0 Å². The van der Waals surface area contributed by atoms with Crippen molar-refractivity contribution in [2.75, 3.05) is 65.5 Å². The Hall–Kier alpha value is 4.44. The van der Waals surface area contributed by atoms with Crippen LogP contribution < -0.4 is 167 Å². The Bertz CT molecular complexity index is 568. The minimum Gasteiger partial charge on any atom is -1.00 e. The van der Waals surface area contributed by atoms with E-state index in [-0.39, 0.29) is 237 Å². The van der Waals surface area contributed by atoms with Crippen molar-refractivity contribution in [2.45, 2.75) is 104 Å². The van der Waals surface area contributed by atoms with Crippen molar-refractivity contribution < 1.29 is 260 Å². The zero-order valence-corrected chi connectivity index (χ0v) is 59.6. The van der Waals surface area contributed by atoms with Crippen LogP contribution in [0.15, 0.2) is 35.7 Å². The molecule has 30 heteroatoms.